The predicted molar refractivity (Wildman–Crippen MR) is 202 cm³/mol. The Bertz CT molecular complexity index is 1980. The molecule has 3 unspecified atom stereocenters. The molecule has 3 N–H and O–H groups in total. The van der Waals surface area contributed by atoms with E-state index in [9.17, 15) is 24.3 Å². The van der Waals surface area contributed by atoms with Crippen LogP contribution < -0.4 is 10.6 Å². The molecule has 0 spiro atoms. The molecule has 14 nitrogen and oxygen atoms in total. The highest BCUT2D eigenvalue weighted by Gasteiger charge is 2.45. The van der Waals surface area contributed by atoms with Crippen LogP contribution in [0.3, 0.4) is 0 Å². The SMILES string of the molecule is CC(C)(C)OC(=O)NC1CCN(C2CC(c3ccccc3)C(C(=O)Nc3ccc(C(=O)O)cc3)N(C(=O)/C=C/c3cc(Cl)ccc3-n3cnnn3)C2)CC1. The molecular weight excluding hydrogens is 712 g/mol. The molecule has 1 aromatic heterocycles. The van der Waals surface area contributed by atoms with Crippen LogP contribution in [-0.4, -0.2) is 102 Å². The van der Waals surface area contributed by atoms with E-state index in [1.807, 2.05) is 51.1 Å². The summed E-state index contributed by atoms with van der Waals surface area (Å²) in [6.07, 6.45) is 6.06. The van der Waals surface area contributed by atoms with Gasteiger partial charge in [0.1, 0.15) is 18.0 Å². The third-order valence-corrected chi connectivity index (χ3v) is 9.82. The van der Waals surface area contributed by atoms with Gasteiger partial charge < -0.3 is 25.4 Å². The number of tetrazole rings is 1. The predicted octanol–water partition coefficient (Wildman–Crippen LogP) is 5.41. The topological polar surface area (TPSA) is 172 Å². The van der Waals surface area contributed by atoms with Crippen LogP contribution >= 0.6 is 11.6 Å². The van der Waals surface area contributed by atoms with Gasteiger partial charge in [-0.1, -0.05) is 41.9 Å². The lowest BCUT2D eigenvalue weighted by Crippen LogP contribution is -2.61. The number of hydrogen-bond acceptors (Lipinski definition) is 9. The number of ether oxygens (including phenoxy) is 1. The monoisotopic (exact) mass is 754 g/mol. The maximum atomic E-state index is 14.5. The molecule has 4 aromatic rings. The zero-order chi connectivity index (χ0) is 38.4. The van der Waals surface area contributed by atoms with Crippen molar-refractivity contribution in [1.29, 1.82) is 0 Å². The molecule has 0 bridgehead atoms. The van der Waals surface area contributed by atoms with E-state index in [2.05, 4.69) is 31.1 Å². The Balaban J connectivity index is 1.30. The number of halogens is 1. The van der Waals surface area contributed by atoms with Crippen molar-refractivity contribution in [3.05, 3.63) is 107 Å². The van der Waals surface area contributed by atoms with E-state index in [0.717, 1.165) is 5.56 Å². The molecule has 15 heteroatoms. The summed E-state index contributed by atoms with van der Waals surface area (Å²) in [6.45, 7) is 7.10. The smallest absolute Gasteiger partial charge is 0.407 e. The van der Waals surface area contributed by atoms with Gasteiger partial charge in [0, 0.05) is 60.0 Å². The quantitative estimate of drug-likeness (QED) is 0.188. The Morgan fingerprint density at radius 3 is 2.35 bits per heavy atom. The molecule has 0 aliphatic carbocycles. The summed E-state index contributed by atoms with van der Waals surface area (Å²) in [6, 6.07) is 19.7. The third kappa shape index (κ3) is 9.49. The van der Waals surface area contributed by atoms with Gasteiger partial charge in [-0.2, -0.15) is 4.68 Å². The Morgan fingerprint density at radius 1 is 0.981 bits per heavy atom. The fourth-order valence-electron chi connectivity index (χ4n) is 7.08. The number of aromatic carboxylic acids is 1. The number of carboxylic acids is 1. The minimum Gasteiger partial charge on any atom is -0.478 e. The molecule has 0 radical (unpaired) electrons. The molecule has 3 amide bonds. The van der Waals surface area contributed by atoms with Crippen molar-refractivity contribution in [1.82, 2.24) is 35.3 Å². The normalized spacial score (nSPS) is 19.7. The first kappa shape index (κ1) is 38.1. The van der Waals surface area contributed by atoms with E-state index in [-0.39, 0.29) is 36.0 Å². The minimum absolute atomic E-state index is 0.0524. The second-order valence-electron chi connectivity index (χ2n) is 14.5. The number of hydrogen-bond donors (Lipinski definition) is 3. The lowest BCUT2D eigenvalue weighted by atomic mass is 9.79. The van der Waals surface area contributed by atoms with E-state index in [1.165, 1.54) is 41.4 Å². The summed E-state index contributed by atoms with van der Waals surface area (Å²) in [5.41, 5.74) is 2.00. The van der Waals surface area contributed by atoms with Crippen molar-refractivity contribution in [3.63, 3.8) is 0 Å². The second kappa shape index (κ2) is 16.6. The van der Waals surface area contributed by atoms with Gasteiger partial charge in [-0.05, 0) is 105 Å². The number of carbonyl (C=O) groups is 4. The van der Waals surface area contributed by atoms with E-state index in [0.29, 0.717) is 54.3 Å². The van der Waals surface area contributed by atoms with Crippen LogP contribution in [0.2, 0.25) is 5.02 Å². The highest BCUT2D eigenvalue weighted by molar-refractivity contribution is 6.30. The first-order valence-electron chi connectivity index (χ1n) is 17.8. The summed E-state index contributed by atoms with van der Waals surface area (Å²) in [4.78, 5) is 56.8. The van der Waals surface area contributed by atoms with Crippen LogP contribution in [0, 0.1) is 0 Å². The van der Waals surface area contributed by atoms with Crippen molar-refractivity contribution >= 4 is 47.2 Å². The van der Waals surface area contributed by atoms with Crippen LogP contribution in [0.25, 0.3) is 11.8 Å². The first-order chi connectivity index (χ1) is 25.8. The highest BCUT2D eigenvalue weighted by atomic mass is 35.5. The van der Waals surface area contributed by atoms with Gasteiger partial charge in [0.2, 0.25) is 11.8 Å². The van der Waals surface area contributed by atoms with Gasteiger partial charge >= 0.3 is 12.1 Å². The van der Waals surface area contributed by atoms with Gasteiger partial charge in [0.15, 0.2) is 0 Å². The number of rotatable bonds is 9. The van der Waals surface area contributed by atoms with Crippen LogP contribution in [0.1, 0.15) is 67.4 Å². The molecule has 2 saturated heterocycles. The summed E-state index contributed by atoms with van der Waals surface area (Å²) in [7, 11) is 0. The standard InChI is InChI=1S/C39H43ClN8O6/c1-39(2,3)54-38(53)43-30-17-19-46(20-18-30)31-22-32(25-7-5-4-6-8-25)35(36(50)42-29-13-9-26(10-14-29)37(51)52)47(23-31)34(49)16-11-27-21-28(40)12-15-33(27)48-24-41-44-45-48/h4-16,21,24,30-32,35H,17-20,22-23H2,1-3H3,(H,42,50)(H,43,53)(H,51,52)/b16-11+. The highest BCUT2D eigenvalue weighted by Crippen LogP contribution is 2.37. The Kier molecular flexibility index (Phi) is 11.7. The second-order valence-corrected chi connectivity index (χ2v) is 14.9. The molecule has 6 rings (SSSR count). The van der Waals surface area contributed by atoms with Crippen molar-refractivity contribution < 1.29 is 29.0 Å². The van der Waals surface area contributed by atoms with Crippen LogP contribution in [0.4, 0.5) is 10.5 Å². The zero-order valence-corrected chi connectivity index (χ0v) is 31.0. The maximum Gasteiger partial charge on any atom is 0.407 e. The molecule has 2 fully saturated rings. The molecule has 54 heavy (non-hydrogen) atoms. The summed E-state index contributed by atoms with van der Waals surface area (Å²) < 4.78 is 6.94. The molecule has 2 aliphatic heterocycles. The van der Waals surface area contributed by atoms with Crippen LogP contribution in [0.5, 0.6) is 0 Å². The average Bonchev–Trinajstić information content (AvgIpc) is 3.68. The van der Waals surface area contributed by atoms with Gasteiger partial charge in [0.05, 0.1) is 11.3 Å². The first-order valence-corrected chi connectivity index (χ1v) is 18.2. The minimum atomic E-state index is -1.08. The van der Waals surface area contributed by atoms with Gasteiger partial charge in [0.25, 0.3) is 0 Å². The van der Waals surface area contributed by atoms with E-state index in [1.54, 1.807) is 29.2 Å². The fourth-order valence-corrected chi connectivity index (χ4v) is 7.26. The number of carbonyl (C=O) groups excluding carboxylic acids is 3. The lowest BCUT2D eigenvalue weighted by molar-refractivity contribution is -0.139. The van der Waals surface area contributed by atoms with Crippen LogP contribution in [0.15, 0.2) is 85.2 Å². The number of benzene rings is 3. The third-order valence-electron chi connectivity index (χ3n) is 9.59. The van der Waals surface area contributed by atoms with Gasteiger partial charge in [-0.25, -0.2) is 9.59 Å². The number of amides is 3. The average molecular weight is 755 g/mol. The summed E-state index contributed by atoms with van der Waals surface area (Å²) in [5.74, 6) is -2.25. The van der Waals surface area contributed by atoms with Crippen molar-refractivity contribution in [2.75, 3.05) is 25.0 Å². The van der Waals surface area contributed by atoms with E-state index >= 15 is 0 Å². The molecule has 3 heterocycles. The van der Waals surface area contributed by atoms with E-state index < -0.39 is 29.6 Å². The van der Waals surface area contributed by atoms with Crippen LogP contribution in [-0.2, 0) is 14.3 Å². The number of carboxylic acid groups (broad SMARTS) is 1. The number of likely N-dealkylation sites (tertiary alicyclic amines) is 2. The Labute approximate surface area is 318 Å². The zero-order valence-electron chi connectivity index (χ0n) is 30.3. The maximum absolute atomic E-state index is 14.5. The van der Waals surface area contributed by atoms with Gasteiger partial charge in [-0.15, -0.1) is 5.10 Å². The molecule has 3 aromatic carbocycles. The molecule has 0 saturated carbocycles. The largest absolute Gasteiger partial charge is 0.478 e. The number of nitrogens with one attached hydrogen (secondary N) is 2. The number of alkyl carbamates (subject to hydrolysis) is 1. The molecular formula is C39H43ClN8O6. The van der Waals surface area contributed by atoms with E-state index in [4.69, 9.17) is 16.3 Å². The Hall–Kier alpha value is -5.60. The Morgan fingerprint density at radius 2 is 1.70 bits per heavy atom. The molecule has 2 aliphatic rings. The fraction of sp³-hybridized carbons (Fsp3) is 0.359. The van der Waals surface area contributed by atoms with Gasteiger partial charge in [-0.3, -0.25) is 14.5 Å². The van der Waals surface area contributed by atoms with Crippen molar-refractivity contribution in [2.45, 2.75) is 69.7 Å². The number of aromatic nitrogens is 4. The van der Waals surface area contributed by atoms with Crippen molar-refractivity contribution in [2.24, 2.45) is 0 Å². The van der Waals surface area contributed by atoms with Crippen molar-refractivity contribution in [3.8, 4) is 5.69 Å². The number of anilines is 1. The lowest BCUT2D eigenvalue weighted by Gasteiger charge is -2.48. The number of nitrogens with zero attached hydrogens (tertiary/aromatic N) is 6. The molecule has 3 atom stereocenters. The number of piperidine rings is 2. The summed E-state index contributed by atoms with van der Waals surface area (Å²) in [5, 5.41) is 27.2. The molecule has 282 valence electrons. The summed E-state index contributed by atoms with van der Waals surface area (Å²) >= 11 is 6.36.